The van der Waals surface area contributed by atoms with Gasteiger partial charge >= 0.3 is 0 Å². The Labute approximate surface area is 170 Å². The van der Waals surface area contributed by atoms with Gasteiger partial charge in [0.15, 0.2) is 5.82 Å². The number of rotatable bonds is 4. The van der Waals surface area contributed by atoms with Crippen LogP contribution in [0.4, 0.5) is 10.1 Å². The molecule has 0 fully saturated rings. The van der Waals surface area contributed by atoms with E-state index in [-0.39, 0.29) is 5.56 Å². The van der Waals surface area contributed by atoms with Crippen LogP contribution < -0.4 is 5.32 Å². The lowest BCUT2D eigenvalue weighted by Crippen LogP contribution is -2.34. The summed E-state index contributed by atoms with van der Waals surface area (Å²) in [6.45, 7) is 7.88. The maximum absolute atomic E-state index is 13.7. The predicted octanol–water partition coefficient (Wildman–Crippen LogP) is 4.90. The molecule has 1 aliphatic heterocycles. The van der Waals surface area contributed by atoms with Crippen molar-refractivity contribution in [3.63, 3.8) is 0 Å². The number of aromatic nitrogens is 1. The molecule has 150 valence electrons. The number of benzene rings is 1. The van der Waals surface area contributed by atoms with Gasteiger partial charge in [0.05, 0.1) is 11.8 Å². The first-order chi connectivity index (χ1) is 14.0. The van der Waals surface area contributed by atoms with Gasteiger partial charge in [-0.15, -0.1) is 0 Å². The Bertz CT molecular complexity index is 977. The normalized spacial score (nSPS) is 15.2. The summed E-state index contributed by atoms with van der Waals surface area (Å²) < 4.78 is 13.7. The topological polar surface area (TPSA) is 57.6 Å². The van der Waals surface area contributed by atoms with Crippen molar-refractivity contribution in [2.75, 3.05) is 18.4 Å². The third kappa shape index (κ3) is 4.96. The second-order valence-electron chi connectivity index (χ2n) is 6.98. The van der Waals surface area contributed by atoms with Gasteiger partial charge in [0, 0.05) is 31.2 Å². The molecular formula is C23H25FN4O. The Kier molecular flexibility index (Phi) is 6.54. The fourth-order valence-electron chi connectivity index (χ4n) is 3.25. The highest BCUT2D eigenvalue weighted by molar-refractivity contribution is 6.04. The van der Waals surface area contributed by atoms with E-state index in [4.69, 9.17) is 0 Å². The van der Waals surface area contributed by atoms with Gasteiger partial charge < -0.3 is 10.2 Å². The van der Waals surface area contributed by atoms with E-state index in [1.165, 1.54) is 23.4 Å². The van der Waals surface area contributed by atoms with Crippen molar-refractivity contribution in [2.45, 2.75) is 27.2 Å². The van der Waals surface area contributed by atoms with Gasteiger partial charge in [0.25, 0.3) is 5.91 Å². The molecule has 1 aromatic heterocycles. The van der Waals surface area contributed by atoms with E-state index in [2.05, 4.69) is 27.1 Å². The summed E-state index contributed by atoms with van der Waals surface area (Å²) >= 11 is 0. The van der Waals surface area contributed by atoms with Crippen molar-refractivity contribution in [2.24, 2.45) is 4.99 Å². The molecule has 5 nitrogen and oxygen atoms in total. The Morgan fingerprint density at radius 2 is 2.03 bits per heavy atom. The minimum atomic E-state index is -0.639. The zero-order valence-electron chi connectivity index (χ0n) is 16.9. The lowest BCUT2D eigenvalue weighted by Gasteiger charge is -2.31. The van der Waals surface area contributed by atoms with Crippen molar-refractivity contribution < 1.29 is 9.18 Å². The molecule has 2 aromatic rings. The average molecular weight is 392 g/mol. The van der Waals surface area contributed by atoms with E-state index in [1.807, 2.05) is 50.4 Å². The Morgan fingerprint density at radius 3 is 2.72 bits per heavy atom. The third-order valence-electron chi connectivity index (χ3n) is 5.00. The molecule has 0 saturated heterocycles. The van der Waals surface area contributed by atoms with Crippen molar-refractivity contribution in [1.29, 1.82) is 0 Å². The van der Waals surface area contributed by atoms with E-state index in [9.17, 15) is 9.18 Å². The smallest absolute Gasteiger partial charge is 0.258 e. The van der Waals surface area contributed by atoms with E-state index in [0.717, 1.165) is 37.1 Å². The minimum Gasteiger partial charge on any atom is -0.356 e. The zero-order valence-corrected chi connectivity index (χ0v) is 16.9. The van der Waals surface area contributed by atoms with Crippen LogP contribution in [0.3, 0.4) is 0 Å². The standard InChI is InChI=1S/C23H25FN4O/c1-4-11-26-17(3)28-13-10-16(2)21(15-28)18-5-7-19(8-6-18)27-23(29)20-9-12-25-14-22(20)24/h4-9,11-12,14H,10,13,15H2,1-3H3,(H,27,29)/b11-4-,26-17+. The molecule has 0 aliphatic carbocycles. The molecule has 0 spiro atoms. The van der Waals surface area contributed by atoms with Crippen molar-refractivity contribution in [1.82, 2.24) is 9.88 Å². The minimum absolute atomic E-state index is 0.0264. The van der Waals surface area contributed by atoms with Gasteiger partial charge in [0.1, 0.15) is 5.84 Å². The first-order valence-corrected chi connectivity index (χ1v) is 9.60. The maximum atomic E-state index is 13.7. The van der Waals surface area contributed by atoms with Gasteiger partial charge in [-0.3, -0.25) is 9.78 Å². The van der Waals surface area contributed by atoms with Crippen molar-refractivity contribution in [3.05, 3.63) is 77.5 Å². The molecule has 2 heterocycles. The van der Waals surface area contributed by atoms with Crippen LogP contribution in [0.15, 0.2) is 65.6 Å². The molecule has 0 radical (unpaired) electrons. The number of allylic oxidation sites excluding steroid dienone is 1. The molecular weight excluding hydrogens is 367 g/mol. The van der Waals surface area contributed by atoms with Crippen LogP contribution in [0.25, 0.3) is 5.57 Å². The third-order valence-corrected chi connectivity index (χ3v) is 5.00. The first kappa shape index (κ1) is 20.5. The van der Waals surface area contributed by atoms with Crippen LogP contribution in [0.1, 0.15) is 43.1 Å². The van der Waals surface area contributed by atoms with E-state index >= 15 is 0 Å². The fourth-order valence-corrected chi connectivity index (χ4v) is 3.25. The molecule has 1 aromatic carbocycles. The number of amides is 1. The quantitative estimate of drug-likeness (QED) is 0.594. The Hall–Kier alpha value is -3.28. The number of anilines is 1. The van der Waals surface area contributed by atoms with Crippen LogP contribution in [-0.2, 0) is 0 Å². The highest BCUT2D eigenvalue weighted by atomic mass is 19.1. The summed E-state index contributed by atoms with van der Waals surface area (Å²) in [6.07, 6.45) is 7.14. The number of hydrogen-bond donors (Lipinski definition) is 1. The van der Waals surface area contributed by atoms with Gasteiger partial charge in [-0.2, -0.15) is 0 Å². The number of nitrogens with one attached hydrogen (secondary N) is 1. The number of amidine groups is 1. The molecule has 29 heavy (non-hydrogen) atoms. The summed E-state index contributed by atoms with van der Waals surface area (Å²) in [5.74, 6) is -0.135. The summed E-state index contributed by atoms with van der Waals surface area (Å²) in [5, 5.41) is 2.73. The summed E-state index contributed by atoms with van der Waals surface area (Å²) in [6, 6.07) is 9.01. The van der Waals surface area contributed by atoms with Crippen LogP contribution in [0.2, 0.25) is 0 Å². The van der Waals surface area contributed by atoms with Crippen LogP contribution in [-0.4, -0.2) is 34.7 Å². The molecule has 1 amide bonds. The van der Waals surface area contributed by atoms with Crippen molar-refractivity contribution in [3.8, 4) is 0 Å². The number of carbonyl (C=O) groups is 1. The SMILES string of the molecule is C/C=C\N=C(/C)N1CCC(C)=C(c2ccc(NC(=O)c3ccncc3F)cc2)C1. The van der Waals surface area contributed by atoms with E-state index < -0.39 is 11.7 Å². The Morgan fingerprint density at radius 1 is 1.28 bits per heavy atom. The van der Waals surface area contributed by atoms with Gasteiger partial charge in [-0.25, -0.2) is 9.38 Å². The number of aliphatic imine (C=N–C) groups is 1. The van der Waals surface area contributed by atoms with Gasteiger partial charge in [-0.05, 0) is 56.5 Å². The van der Waals surface area contributed by atoms with Crippen molar-refractivity contribution >= 4 is 23.0 Å². The van der Waals surface area contributed by atoms with Gasteiger partial charge in [0.2, 0.25) is 0 Å². The number of carbonyl (C=O) groups excluding carboxylic acids is 1. The van der Waals surface area contributed by atoms with Crippen LogP contribution in [0.5, 0.6) is 0 Å². The molecule has 3 rings (SSSR count). The van der Waals surface area contributed by atoms with Crippen LogP contribution in [0, 0.1) is 5.82 Å². The molecule has 6 heteroatoms. The number of nitrogens with zero attached hydrogens (tertiary/aromatic N) is 3. The van der Waals surface area contributed by atoms with Gasteiger partial charge in [-0.1, -0.05) is 23.8 Å². The summed E-state index contributed by atoms with van der Waals surface area (Å²) in [4.78, 5) is 22.7. The molecule has 0 saturated carbocycles. The Balaban J connectivity index is 1.74. The second kappa shape index (κ2) is 9.28. The average Bonchev–Trinajstić information content (AvgIpc) is 2.73. The van der Waals surface area contributed by atoms with E-state index in [1.54, 1.807) is 0 Å². The fraction of sp³-hybridized carbons (Fsp3) is 0.261. The number of hydrogen-bond acceptors (Lipinski definition) is 3. The zero-order chi connectivity index (χ0) is 20.8. The lowest BCUT2D eigenvalue weighted by molar-refractivity contribution is 0.102. The predicted molar refractivity (Wildman–Crippen MR) is 115 cm³/mol. The lowest BCUT2D eigenvalue weighted by atomic mass is 9.94. The first-order valence-electron chi connectivity index (χ1n) is 9.60. The highest BCUT2D eigenvalue weighted by Gasteiger charge is 2.19. The largest absolute Gasteiger partial charge is 0.356 e. The molecule has 0 atom stereocenters. The monoisotopic (exact) mass is 392 g/mol. The highest BCUT2D eigenvalue weighted by Crippen LogP contribution is 2.27. The molecule has 1 aliphatic rings. The molecule has 0 bridgehead atoms. The second-order valence-corrected chi connectivity index (χ2v) is 6.98. The number of halogens is 1. The summed E-state index contributed by atoms with van der Waals surface area (Å²) in [5.41, 5.74) is 4.33. The molecule has 0 unspecified atom stereocenters. The van der Waals surface area contributed by atoms with Crippen LogP contribution >= 0.6 is 0 Å². The maximum Gasteiger partial charge on any atom is 0.258 e. The summed E-state index contributed by atoms with van der Waals surface area (Å²) in [7, 11) is 0. The number of pyridine rings is 1. The van der Waals surface area contributed by atoms with E-state index in [0.29, 0.717) is 5.69 Å². The molecule has 1 N–H and O–H groups in total.